The van der Waals surface area contributed by atoms with Gasteiger partial charge in [-0.1, -0.05) is 0 Å². The Bertz CT molecular complexity index is 376. The van der Waals surface area contributed by atoms with E-state index in [9.17, 15) is 0 Å². The molecule has 0 spiro atoms. The van der Waals surface area contributed by atoms with Crippen molar-refractivity contribution in [1.82, 2.24) is 9.97 Å². The number of halogens is 1. The smallest absolute Gasteiger partial charge is 0.222 e. The minimum atomic E-state index is 0.333. The van der Waals surface area contributed by atoms with Crippen molar-refractivity contribution in [2.24, 2.45) is 5.92 Å². The van der Waals surface area contributed by atoms with Gasteiger partial charge in [-0.15, -0.1) is 0 Å². The van der Waals surface area contributed by atoms with Crippen molar-refractivity contribution in [3.8, 4) is 0 Å². The lowest BCUT2D eigenvalue weighted by Gasteiger charge is -2.28. The second kappa shape index (κ2) is 4.57. The highest BCUT2D eigenvalue weighted by atomic mass is 79.9. The SMILES string of the molecule is CC(C)N(CC1CC1)c1nc(N)ncc1Br. The molecule has 2 N–H and O–H groups in total. The van der Waals surface area contributed by atoms with Crippen LogP contribution in [-0.4, -0.2) is 22.6 Å². The van der Waals surface area contributed by atoms with Crippen LogP contribution < -0.4 is 10.6 Å². The van der Waals surface area contributed by atoms with Crippen LogP contribution >= 0.6 is 15.9 Å². The van der Waals surface area contributed by atoms with Crippen molar-refractivity contribution < 1.29 is 0 Å². The van der Waals surface area contributed by atoms with Crippen LogP contribution in [0, 0.1) is 5.92 Å². The van der Waals surface area contributed by atoms with Gasteiger partial charge in [-0.05, 0) is 48.5 Å². The molecule has 1 aromatic heterocycles. The molecule has 0 amide bonds. The molecule has 1 aliphatic rings. The van der Waals surface area contributed by atoms with Crippen LogP contribution in [0.1, 0.15) is 26.7 Å². The average Bonchev–Trinajstić information content (AvgIpc) is 3.02. The molecule has 1 heterocycles. The van der Waals surface area contributed by atoms with E-state index in [-0.39, 0.29) is 0 Å². The van der Waals surface area contributed by atoms with Crippen molar-refractivity contribution in [2.45, 2.75) is 32.7 Å². The minimum absolute atomic E-state index is 0.333. The van der Waals surface area contributed by atoms with E-state index in [1.165, 1.54) is 12.8 Å². The zero-order valence-corrected chi connectivity index (χ0v) is 11.2. The van der Waals surface area contributed by atoms with E-state index in [4.69, 9.17) is 5.73 Å². The molecule has 0 aliphatic heterocycles. The fourth-order valence-corrected chi connectivity index (χ4v) is 2.11. The maximum Gasteiger partial charge on any atom is 0.222 e. The van der Waals surface area contributed by atoms with E-state index < -0.39 is 0 Å². The van der Waals surface area contributed by atoms with Crippen LogP contribution in [0.5, 0.6) is 0 Å². The number of anilines is 2. The van der Waals surface area contributed by atoms with E-state index >= 15 is 0 Å². The third-order valence-corrected chi connectivity index (χ3v) is 3.35. The van der Waals surface area contributed by atoms with E-state index in [2.05, 4.69) is 44.6 Å². The molecule has 0 unspecified atom stereocenters. The van der Waals surface area contributed by atoms with Gasteiger partial charge < -0.3 is 10.6 Å². The van der Waals surface area contributed by atoms with Gasteiger partial charge in [0.2, 0.25) is 5.95 Å². The first-order valence-electron chi connectivity index (χ1n) is 5.62. The third kappa shape index (κ3) is 2.64. The summed E-state index contributed by atoms with van der Waals surface area (Å²) in [5, 5.41) is 0. The summed E-state index contributed by atoms with van der Waals surface area (Å²) in [7, 11) is 0. The molecule has 5 heteroatoms. The van der Waals surface area contributed by atoms with Gasteiger partial charge >= 0.3 is 0 Å². The number of rotatable bonds is 4. The number of hydrogen-bond acceptors (Lipinski definition) is 4. The third-order valence-electron chi connectivity index (χ3n) is 2.79. The Kier molecular flexibility index (Phi) is 3.33. The number of hydrogen-bond donors (Lipinski definition) is 1. The first kappa shape index (κ1) is 11.6. The summed E-state index contributed by atoms with van der Waals surface area (Å²) in [6.07, 6.45) is 4.39. The van der Waals surface area contributed by atoms with Crippen LogP contribution in [0.3, 0.4) is 0 Å². The lowest BCUT2D eigenvalue weighted by Crippen LogP contribution is -2.34. The van der Waals surface area contributed by atoms with Gasteiger partial charge in [-0.2, -0.15) is 4.98 Å². The number of nitrogens with two attached hydrogens (primary N) is 1. The Morgan fingerprint density at radius 2 is 2.25 bits per heavy atom. The fraction of sp³-hybridized carbons (Fsp3) is 0.636. The van der Waals surface area contributed by atoms with E-state index in [0.717, 1.165) is 22.8 Å². The van der Waals surface area contributed by atoms with Crippen LogP contribution in [0.4, 0.5) is 11.8 Å². The van der Waals surface area contributed by atoms with Gasteiger partial charge in [-0.25, -0.2) is 4.98 Å². The largest absolute Gasteiger partial charge is 0.368 e. The molecule has 1 aromatic rings. The Balaban J connectivity index is 2.25. The zero-order chi connectivity index (χ0) is 11.7. The first-order chi connectivity index (χ1) is 7.58. The maximum atomic E-state index is 5.64. The summed E-state index contributed by atoms with van der Waals surface area (Å²) in [4.78, 5) is 10.6. The molecule has 1 aliphatic carbocycles. The van der Waals surface area contributed by atoms with Crippen molar-refractivity contribution >= 4 is 27.7 Å². The van der Waals surface area contributed by atoms with Crippen molar-refractivity contribution in [2.75, 3.05) is 17.2 Å². The van der Waals surface area contributed by atoms with Gasteiger partial charge in [0.1, 0.15) is 5.82 Å². The minimum Gasteiger partial charge on any atom is -0.368 e. The second-order valence-corrected chi connectivity index (χ2v) is 5.44. The number of nitrogen functional groups attached to an aromatic ring is 1. The van der Waals surface area contributed by atoms with Crippen molar-refractivity contribution in [1.29, 1.82) is 0 Å². The quantitative estimate of drug-likeness (QED) is 0.923. The second-order valence-electron chi connectivity index (χ2n) is 4.59. The number of nitrogens with zero attached hydrogens (tertiary/aromatic N) is 3. The summed E-state index contributed by atoms with van der Waals surface area (Å²) in [5.74, 6) is 2.07. The molecule has 0 aromatic carbocycles. The lowest BCUT2D eigenvalue weighted by atomic mass is 10.2. The predicted octanol–water partition coefficient (Wildman–Crippen LogP) is 2.45. The number of aromatic nitrogens is 2. The van der Waals surface area contributed by atoms with Crippen LogP contribution in [-0.2, 0) is 0 Å². The summed E-state index contributed by atoms with van der Waals surface area (Å²) in [6, 6.07) is 0.422. The standard InChI is InChI=1S/C11H17BrN4/c1-7(2)16(6-8-3-4-8)10-9(12)5-14-11(13)15-10/h5,7-8H,3-4,6H2,1-2H3,(H2,13,14,15). The van der Waals surface area contributed by atoms with Crippen LogP contribution in [0.2, 0.25) is 0 Å². The molecular formula is C11H17BrN4. The molecule has 4 nitrogen and oxygen atoms in total. The van der Waals surface area contributed by atoms with Gasteiger partial charge in [0.15, 0.2) is 0 Å². The molecule has 16 heavy (non-hydrogen) atoms. The fourth-order valence-electron chi connectivity index (χ4n) is 1.69. The Morgan fingerprint density at radius 3 is 2.81 bits per heavy atom. The molecule has 0 bridgehead atoms. The Morgan fingerprint density at radius 1 is 1.56 bits per heavy atom. The van der Waals surface area contributed by atoms with Gasteiger partial charge in [0.25, 0.3) is 0 Å². The zero-order valence-electron chi connectivity index (χ0n) is 9.65. The van der Waals surface area contributed by atoms with Crippen molar-refractivity contribution in [3.05, 3.63) is 10.7 Å². The summed E-state index contributed by atoms with van der Waals surface area (Å²) in [6.45, 7) is 5.41. The molecule has 1 saturated carbocycles. The highest BCUT2D eigenvalue weighted by Crippen LogP contribution is 2.33. The maximum absolute atomic E-state index is 5.64. The molecule has 88 valence electrons. The highest BCUT2D eigenvalue weighted by molar-refractivity contribution is 9.10. The normalized spacial score (nSPS) is 15.5. The van der Waals surface area contributed by atoms with Crippen LogP contribution in [0.15, 0.2) is 10.7 Å². The van der Waals surface area contributed by atoms with E-state index in [0.29, 0.717) is 12.0 Å². The molecule has 0 saturated heterocycles. The monoisotopic (exact) mass is 284 g/mol. The van der Waals surface area contributed by atoms with Gasteiger partial charge in [0.05, 0.1) is 4.47 Å². The first-order valence-corrected chi connectivity index (χ1v) is 6.42. The molecule has 1 fully saturated rings. The van der Waals surface area contributed by atoms with E-state index in [1.807, 2.05) is 0 Å². The van der Waals surface area contributed by atoms with Gasteiger partial charge in [-0.3, -0.25) is 0 Å². The average molecular weight is 285 g/mol. The Labute approximate surface area is 104 Å². The summed E-state index contributed by atoms with van der Waals surface area (Å²) in [5.41, 5.74) is 5.64. The molecular weight excluding hydrogens is 268 g/mol. The summed E-state index contributed by atoms with van der Waals surface area (Å²) >= 11 is 3.49. The van der Waals surface area contributed by atoms with Crippen molar-refractivity contribution in [3.63, 3.8) is 0 Å². The summed E-state index contributed by atoms with van der Waals surface area (Å²) < 4.78 is 0.913. The molecule has 2 rings (SSSR count). The lowest BCUT2D eigenvalue weighted by molar-refractivity contribution is 0.635. The van der Waals surface area contributed by atoms with Crippen LogP contribution in [0.25, 0.3) is 0 Å². The molecule has 0 radical (unpaired) electrons. The predicted molar refractivity (Wildman–Crippen MR) is 69.4 cm³/mol. The van der Waals surface area contributed by atoms with Gasteiger partial charge in [0, 0.05) is 18.8 Å². The van der Waals surface area contributed by atoms with E-state index in [1.54, 1.807) is 6.20 Å². The highest BCUT2D eigenvalue weighted by Gasteiger charge is 2.27. The molecule has 0 atom stereocenters. The Hall–Kier alpha value is -0.840. The topological polar surface area (TPSA) is 55.0 Å².